The van der Waals surface area contributed by atoms with Crippen LogP contribution in [0.25, 0.3) is 0 Å². The van der Waals surface area contributed by atoms with Crippen molar-refractivity contribution in [3.05, 3.63) is 65.0 Å². The van der Waals surface area contributed by atoms with E-state index in [9.17, 15) is 5.11 Å². The van der Waals surface area contributed by atoms with Crippen LogP contribution in [0.5, 0.6) is 0 Å². The molecule has 2 atom stereocenters. The van der Waals surface area contributed by atoms with Gasteiger partial charge in [0.25, 0.3) is 0 Å². The van der Waals surface area contributed by atoms with Gasteiger partial charge in [-0.3, -0.25) is 4.98 Å². The quantitative estimate of drug-likeness (QED) is 0.836. The van der Waals surface area contributed by atoms with Crippen molar-refractivity contribution in [1.82, 2.24) is 4.98 Å². The number of halogens is 1. The van der Waals surface area contributed by atoms with Gasteiger partial charge in [0.05, 0.1) is 6.10 Å². The van der Waals surface area contributed by atoms with Crippen LogP contribution in [-0.4, -0.2) is 10.1 Å². The lowest BCUT2D eigenvalue weighted by atomic mass is 9.88. The van der Waals surface area contributed by atoms with Crippen molar-refractivity contribution in [3.63, 3.8) is 0 Å². The van der Waals surface area contributed by atoms with Crippen molar-refractivity contribution in [2.75, 3.05) is 0 Å². The molecule has 0 fully saturated rings. The number of hydrogen-bond acceptors (Lipinski definition) is 2. The summed E-state index contributed by atoms with van der Waals surface area (Å²) in [6, 6.07) is 12.4. The Morgan fingerprint density at radius 2 is 1.90 bits per heavy atom. The van der Waals surface area contributed by atoms with Crippen molar-refractivity contribution < 1.29 is 5.11 Å². The molecule has 21 heavy (non-hydrogen) atoms. The van der Waals surface area contributed by atoms with Gasteiger partial charge in [0.15, 0.2) is 0 Å². The summed E-state index contributed by atoms with van der Waals surface area (Å²) >= 11 is 0. The largest absolute Gasteiger partial charge is 0.388 e. The summed E-state index contributed by atoms with van der Waals surface area (Å²) < 4.78 is 0. The predicted molar refractivity (Wildman–Crippen MR) is 87.9 cm³/mol. The molecule has 0 amide bonds. The maximum atomic E-state index is 10.8. The van der Waals surface area contributed by atoms with Crippen LogP contribution in [0.2, 0.25) is 0 Å². The summed E-state index contributed by atoms with van der Waals surface area (Å²) in [5.41, 5.74) is 4.62. The van der Waals surface area contributed by atoms with E-state index >= 15 is 0 Å². The van der Waals surface area contributed by atoms with E-state index in [1.54, 1.807) is 0 Å². The van der Waals surface area contributed by atoms with Gasteiger partial charge in [-0.15, -0.1) is 12.4 Å². The molecule has 1 aliphatic carbocycles. The smallest absolute Gasteiger partial charge is 0.0873 e. The van der Waals surface area contributed by atoms with Crippen LogP contribution < -0.4 is 0 Å². The van der Waals surface area contributed by atoms with Crippen molar-refractivity contribution in [1.29, 1.82) is 0 Å². The van der Waals surface area contributed by atoms with Crippen LogP contribution in [0, 0.1) is 6.92 Å². The average Bonchev–Trinajstić information content (AvgIpc) is 2.69. The van der Waals surface area contributed by atoms with Gasteiger partial charge in [-0.05, 0) is 43.4 Å². The van der Waals surface area contributed by atoms with Crippen molar-refractivity contribution in [3.8, 4) is 0 Å². The van der Waals surface area contributed by atoms with E-state index in [0.29, 0.717) is 0 Å². The summed E-state index contributed by atoms with van der Waals surface area (Å²) in [5, 5.41) is 10.8. The van der Waals surface area contributed by atoms with E-state index in [4.69, 9.17) is 0 Å². The van der Waals surface area contributed by atoms with E-state index < -0.39 is 6.10 Å². The standard InChI is InChI=1S/C18H21NO.ClH/c1-13-8-10-15(11-9-13)18(20)16-7-3-2-5-14-6-4-12-19-17(14)16;/h4,6,8-12,16,18,20H,2-3,5,7H2,1H3;1H. The molecule has 0 aliphatic heterocycles. The van der Waals surface area contributed by atoms with Gasteiger partial charge in [0.2, 0.25) is 0 Å². The van der Waals surface area contributed by atoms with E-state index in [-0.39, 0.29) is 18.3 Å². The molecule has 1 aromatic heterocycles. The van der Waals surface area contributed by atoms with E-state index in [1.807, 2.05) is 24.4 Å². The molecule has 112 valence electrons. The van der Waals surface area contributed by atoms with E-state index in [0.717, 1.165) is 30.5 Å². The van der Waals surface area contributed by atoms with Gasteiger partial charge >= 0.3 is 0 Å². The normalized spacial score (nSPS) is 19.0. The Kier molecular flexibility index (Phi) is 5.38. The first-order chi connectivity index (χ1) is 9.75. The molecular weight excluding hydrogens is 282 g/mol. The molecule has 3 heteroatoms. The Morgan fingerprint density at radius 3 is 2.67 bits per heavy atom. The summed E-state index contributed by atoms with van der Waals surface area (Å²) in [5.74, 6) is 0.122. The predicted octanol–water partition coefficient (Wildman–Crippen LogP) is 4.36. The molecule has 1 aliphatic rings. The molecule has 3 rings (SSSR count). The van der Waals surface area contributed by atoms with E-state index in [1.165, 1.54) is 17.5 Å². The highest BCUT2D eigenvalue weighted by atomic mass is 35.5. The maximum absolute atomic E-state index is 10.8. The van der Waals surface area contributed by atoms with Gasteiger partial charge in [0, 0.05) is 17.8 Å². The lowest BCUT2D eigenvalue weighted by Gasteiger charge is -2.23. The monoisotopic (exact) mass is 303 g/mol. The number of aromatic nitrogens is 1. The molecule has 0 saturated carbocycles. The second-order valence-electron chi connectivity index (χ2n) is 5.76. The van der Waals surface area contributed by atoms with Crippen LogP contribution in [0.15, 0.2) is 42.6 Å². The summed E-state index contributed by atoms with van der Waals surface area (Å²) in [7, 11) is 0. The van der Waals surface area contributed by atoms with Crippen molar-refractivity contribution in [2.45, 2.75) is 44.6 Å². The fraction of sp³-hybridized carbons (Fsp3) is 0.389. The SMILES string of the molecule is Cc1ccc(C(O)C2CCCCc3cccnc32)cc1.Cl. The van der Waals surface area contributed by atoms with Gasteiger partial charge in [0.1, 0.15) is 0 Å². The Morgan fingerprint density at radius 1 is 1.14 bits per heavy atom. The first kappa shape index (κ1) is 16.0. The molecule has 0 saturated heterocycles. The highest BCUT2D eigenvalue weighted by Crippen LogP contribution is 2.38. The number of fused-ring (bicyclic) bond motifs is 1. The lowest BCUT2D eigenvalue weighted by Crippen LogP contribution is -2.13. The Labute approximate surface area is 132 Å². The molecule has 0 spiro atoms. The minimum Gasteiger partial charge on any atom is -0.388 e. The number of nitrogens with zero attached hydrogens (tertiary/aromatic N) is 1. The van der Waals surface area contributed by atoms with Gasteiger partial charge < -0.3 is 5.11 Å². The summed E-state index contributed by atoms with van der Waals surface area (Å²) in [6.07, 6.45) is 5.83. The third-order valence-electron chi connectivity index (χ3n) is 4.29. The fourth-order valence-electron chi connectivity index (χ4n) is 3.12. The number of aliphatic hydroxyl groups excluding tert-OH is 1. The maximum Gasteiger partial charge on any atom is 0.0873 e. The third kappa shape index (κ3) is 3.45. The second-order valence-corrected chi connectivity index (χ2v) is 5.76. The first-order valence-electron chi connectivity index (χ1n) is 7.44. The molecule has 2 nitrogen and oxygen atoms in total. The van der Waals surface area contributed by atoms with Gasteiger partial charge in [-0.1, -0.05) is 42.3 Å². The molecular formula is C18H22ClNO. The highest BCUT2D eigenvalue weighted by molar-refractivity contribution is 5.85. The third-order valence-corrected chi connectivity index (χ3v) is 4.29. The number of aryl methyl sites for hydroxylation is 2. The number of rotatable bonds is 2. The van der Waals surface area contributed by atoms with Crippen LogP contribution in [0.1, 0.15) is 53.7 Å². The number of benzene rings is 1. The van der Waals surface area contributed by atoms with Crippen LogP contribution >= 0.6 is 12.4 Å². The molecule has 1 heterocycles. The molecule has 0 bridgehead atoms. The van der Waals surface area contributed by atoms with Crippen LogP contribution in [0.4, 0.5) is 0 Å². The molecule has 0 radical (unpaired) electrons. The fourth-order valence-corrected chi connectivity index (χ4v) is 3.12. The zero-order chi connectivity index (χ0) is 13.9. The Hall–Kier alpha value is -1.38. The minimum absolute atomic E-state index is 0. The minimum atomic E-state index is -0.456. The van der Waals surface area contributed by atoms with Crippen LogP contribution in [0.3, 0.4) is 0 Å². The highest BCUT2D eigenvalue weighted by Gasteiger charge is 2.27. The summed E-state index contributed by atoms with van der Waals surface area (Å²) in [4.78, 5) is 4.56. The Balaban J connectivity index is 0.00000161. The van der Waals surface area contributed by atoms with Crippen molar-refractivity contribution >= 4 is 12.4 Å². The van der Waals surface area contributed by atoms with Gasteiger partial charge in [-0.2, -0.15) is 0 Å². The zero-order valence-corrected chi connectivity index (χ0v) is 13.1. The summed E-state index contributed by atoms with van der Waals surface area (Å²) in [6.45, 7) is 2.07. The lowest BCUT2D eigenvalue weighted by molar-refractivity contribution is 0.138. The first-order valence-corrected chi connectivity index (χ1v) is 7.44. The Bertz CT molecular complexity index is 582. The number of aliphatic hydroxyl groups is 1. The molecule has 2 aromatic rings. The topological polar surface area (TPSA) is 33.1 Å². The van der Waals surface area contributed by atoms with Crippen molar-refractivity contribution in [2.24, 2.45) is 0 Å². The number of hydrogen-bond donors (Lipinski definition) is 1. The van der Waals surface area contributed by atoms with Gasteiger partial charge in [-0.25, -0.2) is 0 Å². The number of pyridine rings is 1. The zero-order valence-electron chi connectivity index (χ0n) is 12.3. The van der Waals surface area contributed by atoms with Crippen LogP contribution in [-0.2, 0) is 6.42 Å². The molecule has 2 unspecified atom stereocenters. The average molecular weight is 304 g/mol. The molecule has 1 aromatic carbocycles. The van der Waals surface area contributed by atoms with E-state index in [2.05, 4.69) is 30.1 Å². The second kappa shape index (κ2) is 7.06. The molecule has 1 N–H and O–H groups in total.